The molecule has 1 rings (SSSR count). The Morgan fingerprint density at radius 2 is 2.15 bits per heavy atom. The normalized spacial score (nSPS) is 12.0. The van der Waals surface area contributed by atoms with Crippen LogP contribution in [0.4, 0.5) is 11.4 Å². The second-order valence-corrected chi connectivity index (χ2v) is 5.17. The van der Waals surface area contributed by atoms with E-state index >= 15 is 0 Å². The van der Waals surface area contributed by atoms with Crippen LogP contribution in [0, 0.1) is 5.92 Å². The van der Waals surface area contributed by atoms with Gasteiger partial charge in [0.05, 0.1) is 5.56 Å². The Hall–Kier alpha value is -1.75. The minimum absolute atomic E-state index is 0.127. The number of anilines is 2. The van der Waals surface area contributed by atoms with Gasteiger partial charge in [0.15, 0.2) is 0 Å². The number of nitrogen functional groups attached to an aromatic ring is 1. The smallest absolute Gasteiger partial charge is 0.253 e. The Balaban J connectivity index is 2.79. The highest BCUT2D eigenvalue weighted by molar-refractivity contribution is 6.00. The number of carbonyl (C=O) groups excluding carboxylic acids is 1. The van der Waals surface area contributed by atoms with Gasteiger partial charge in [0.1, 0.15) is 0 Å². The maximum atomic E-state index is 12.3. The summed E-state index contributed by atoms with van der Waals surface area (Å²) in [6.07, 6.45) is 1.63. The fourth-order valence-electron chi connectivity index (χ4n) is 2.09. The minimum Gasteiger partial charge on any atom is -0.399 e. The maximum Gasteiger partial charge on any atom is 0.253 e. The van der Waals surface area contributed by atoms with Crippen LogP contribution in [-0.4, -0.2) is 38.3 Å². The molecule has 5 heteroatoms. The quantitative estimate of drug-likeness (QED) is 0.661. The van der Waals surface area contributed by atoms with Crippen LogP contribution >= 0.6 is 0 Å². The van der Waals surface area contributed by atoms with E-state index in [0.717, 1.165) is 12.1 Å². The molecule has 1 unspecified atom stereocenters. The lowest BCUT2D eigenvalue weighted by atomic mass is 10.0. The molecular weight excluding hydrogens is 254 g/mol. The third kappa shape index (κ3) is 4.42. The third-order valence-corrected chi connectivity index (χ3v) is 3.41. The van der Waals surface area contributed by atoms with Crippen molar-refractivity contribution in [2.75, 3.05) is 37.9 Å². The second-order valence-electron chi connectivity index (χ2n) is 5.17. The molecular formula is C15H25N3O2. The third-order valence-electron chi connectivity index (χ3n) is 3.41. The van der Waals surface area contributed by atoms with Crippen molar-refractivity contribution < 1.29 is 9.90 Å². The molecule has 1 aromatic rings. The molecule has 0 aliphatic rings. The van der Waals surface area contributed by atoms with E-state index in [1.54, 1.807) is 12.1 Å². The Morgan fingerprint density at radius 3 is 2.70 bits per heavy atom. The van der Waals surface area contributed by atoms with Crippen LogP contribution in [0.25, 0.3) is 0 Å². The molecule has 0 aliphatic heterocycles. The van der Waals surface area contributed by atoms with Crippen molar-refractivity contribution in [2.24, 2.45) is 5.92 Å². The largest absolute Gasteiger partial charge is 0.399 e. The summed E-state index contributed by atoms with van der Waals surface area (Å²) in [5.41, 5.74) is 7.75. The highest BCUT2D eigenvalue weighted by atomic mass is 16.3. The summed E-state index contributed by atoms with van der Waals surface area (Å²) in [5.74, 6) is 0.171. The summed E-state index contributed by atoms with van der Waals surface area (Å²) >= 11 is 0. The molecule has 20 heavy (non-hydrogen) atoms. The summed E-state index contributed by atoms with van der Waals surface area (Å²) in [4.78, 5) is 14.2. The first-order valence-corrected chi connectivity index (χ1v) is 6.95. The van der Waals surface area contributed by atoms with E-state index in [-0.39, 0.29) is 12.5 Å². The van der Waals surface area contributed by atoms with Crippen molar-refractivity contribution >= 4 is 17.3 Å². The predicted molar refractivity (Wildman–Crippen MR) is 83.0 cm³/mol. The lowest BCUT2D eigenvalue weighted by molar-refractivity contribution is 0.0944. The van der Waals surface area contributed by atoms with Gasteiger partial charge in [0.25, 0.3) is 5.91 Å². The van der Waals surface area contributed by atoms with Crippen LogP contribution in [-0.2, 0) is 0 Å². The predicted octanol–water partition coefficient (Wildman–Crippen LogP) is 1.47. The molecule has 0 fully saturated rings. The Labute approximate surface area is 120 Å². The zero-order valence-electron chi connectivity index (χ0n) is 12.5. The molecule has 0 aromatic heterocycles. The van der Waals surface area contributed by atoms with Crippen LogP contribution < -0.4 is 16.0 Å². The Kier molecular flexibility index (Phi) is 6.31. The van der Waals surface area contributed by atoms with E-state index in [1.165, 1.54) is 0 Å². The maximum absolute atomic E-state index is 12.3. The number of carbonyl (C=O) groups is 1. The number of nitrogens with one attached hydrogen (secondary N) is 1. The molecule has 0 saturated carbocycles. The highest BCUT2D eigenvalue weighted by Gasteiger charge is 2.14. The van der Waals surface area contributed by atoms with Crippen LogP contribution in [0.2, 0.25) is 0 Å². The van der Waals surface area contributed by atoms with Crippen LogP contribution in [0.3, 0.4) is 0 Å². The average Bonchev–Trinajstić information content (AvgIpc) is 2.42. The first-order chi connectivity index (χ1) is 9.49. The average molecular weight is 279 g/mol. The lowest BCUT2D eigenvalue weighted by Crippen LogP contribution is -2.30. The fraction of sp³-hybridized carbons (Fsp3) is 0.533. The van der Waals surface area contributed by atoms with Gasteiger partial charge >= 0.3 is 0 Å². The van der Waals surface area contributed by atoms with Crippen molar-refractivity contribution in [3.63, 3.8) is 0 Å². The molecule has 1 amide bonds. The number of amides is 1. The standard InChI is InChI=1S/C15H25N3O2/c1-4-11(7-8-19)10-17-15(20)13-9-12(16)5-6-14(13)18(2)3/h5-6,9,11,19H,4,7-8,10,16H2,1-3H3,(H,17,20). The van der Waals surface area contributed by atoms with Crippen LogP contribution in [0.15, 0.2) is 18.2 Å². The first-order valence-electron chi connectivity index (χ1n) is 6.95. The number of hydrogen-bond donors (Lipinski definition) is 3. The van der Waals surface area contributed by atoms with Crippen molar-refractivity contribution in [3.8, 4) is 0 Å². The molecule has 1 atom stereocenters. The molecule has 0 radical (unpaired) electrons. The molecule has 0 aliphatic carbocycles. The van der Waals surface area contributed by atoms with E-state index in [9.17, 15) is 4.79 Å². The van der Waals surface area contributed by atoms with E-state index in [0.29, 0.717) is 30.1 Å². The molecule has 0 saturated heterocycles. The topological polar surface area (TPSA) is 78.6 Å². The number of benzene rings is 1. The molecule has 0 spiro atoms. The van der Waals surface area contributed by atoms with Crippen molar-refractivity contribution in [3.05, 3.63) is 23.8 Å². The molecule has 5 nitrogen and oxygen atoms in total. The van der Waals surface area contributed by atoms with E-state index in [1.807, 2.05) is 25.1 Å². The van der Waals surface area contributed by atoms with Crippen molar-refractivity contribution in [1.82, 2.24) is 5.32 Å². The molecule has 112 valence electrons. The summed E-state index contributed by atoms with van der Waals surface area (Å²) in [6, 6.07) is 5.32. The van der Waals surface area contributed by atoms with Crippen molar-refractivity contribution in [1.29, 1.82) is 0 Å². The van der Waals surface area contributed by atoms with Gasteiger partial charge in [0, 0.05) is 38.6 Å². The first kappa shape index (κ1) is 16.3. The number of nitrogens with zero attached hydrogens (tertiary/aromatic N) is 1. The van der Waals surface area contributed by atoms with Crippen LogP contribution in [0.1, 0.15) is 30.1 Å². The number of aliphatic hydroxyl groups is 1. The zero-order chi connectivity index (χ0) is 15.1. The Bertz CT molecular complexity index is 447. The highest BCUT2D eigenvalue weighted by Crippen LogP contribution is 2.21. The summed E-state index contributed by atoms with van der Waals surface area (Å²) in [7, 11) is 3.78. The zero-order valence-corrected chi connectivity index (χ0v) is 12.5. The second kappa shape index (κ2) is 7.75. The Morgan fingerprint density at radius 1 is 1.45 bits per heavy atom. The SMILES string of the molecule is CCC(CCO)CNC(=O)c1cc(N)ccc1N(C)C. The number of rotatable bonds is 7. The number of nitrogens with two attached hydrogens (primary N) is 1. The van der Waals surface area contributed by atoms with Gasteiger partial charge in [-0.05, 0) is 30.5 Å². The molecule has 0 heterocycles. The monoisotopic (exact) mass is 279 g/mol. The van der Waals surface area contributed by atoms with Gasteiger partial charge in [-0.1, -0.05) is 13.3 Å². The van der Waals surface area contributed by atoms with E-state index < -0.39 is 0 Å². The van der Waals surface area contributed by atoms with Crippen molar-refractivity contribution in [2.45, 2.75) is 19.8 Å². The van der Waals surface area contributed by atoms with Gasteiger partial charge in [-0.15, -0.1) is 0 Å². The van der Waals surface area contributed by atoms with Crippen LogP contribution in [0.5, 0.6) is 0 Å². The van der Waals surface area contributed by atoms with Gasteiger partial charge in [-0.3, -0.25) is 4.79 Å². The molecule has 1 aromatic carbocycles. The number of hydrogen-bond acceptors (Lipinski definition) is 4. The summed E-state index contributed by atoms with van der Waals surface area (Å²) in [5, 5.41) is 11.9. The van der Waals surface area contributed by atoms with Gasteiger partial charge in [-0.2, -0.15) is 0 Å². The summed E-state index contributed by atoms with van der Waals surface area (Å²) in [6.45, 7) is 2.77. The summed E-state index contributed by atoms with van der Waals surface area (Å²) < 4.78 is 0. The number of aliphatic hydroxyl groups excluding tert-OH is 1. The van der Waals surface area contributed by atoms with Gasteiger partial charge in [0.2, 0.25) is 0 Å². The molecule has 0 bridgehead atoms. The van der Waals surface area contributed by atoms with E-state index in [4.69, 9.17) is 10.8 Å². The lowest BCUT2D eigenvalue weighted by Gasteiger charge is -2.19. The molecule has 4 N–H and O–H groups in total. The fourth-order valence-corrected chi connectivity index (χ4v) is 2.09. The van der Waals surface area contributed by atoms with Gasteiger partial charge in [-0.25, -0.2) is 0 Å². The minimum atomic E-state index is -0.127. The van der Waals surface area contributed by atoms with E-state index in [2.05, 4.69) is 12.2 Å². The van der Waals surface area contributed by atoms with Gasteiger partial charge < -0.3 is 21.1 Å².